The van der Waals surface area contributed by atoms with Gasteiger partial charge in [0.2, 0.25) is 5.91 Å². The Balaban J connectivity index is 1.60. The first kappa shape index (κ1) is 21.2. The van der Waals surface area contributed by atoms with E-state index in [9.17, 15) is 19.7 Å². The van der Waals surface area contributed by atoms with Gasteiger partial charge in [0.05, 0.1) is 10.5 Å². The zero-order valence-electron chi connectivity index (χ0n) is 16.9. The summed E-state index contributed by atoms with van der Waals surface area (Å²) in [5.74, 6) is -0.428. The van der Waals surface area contributed by atoms with Gasteiger partial charge in [0.25, 0.3) is 11.6 Å². The molecule has 1 aliphatic rings. The zero-order valence-corrected chi connectivity index (χ0v) is 16.9. The highest BCUT2D eigenvalue weighted by atomic mass is 16.6. The van der Waals surface area contributed by atoms with Crippen molar-refractivity contribution in [3.63, 3.8) is 0 Å². The summed E-state index contributed by atoms with van der Waals surface area (Å²) in [6.07, 6.45) is 8.30. The molecule has 2 aromatic rings. The highest BCUT2D eigenvalue weighted by molar-refractivity contribution is 6.02. The van der Waals surface area contributed by atoms with Crippen molar-refractivity contribution in [1.82, 2.24) is 4.90 Å². The van der Waals surface area contributed by atoms with Crippen molar-refractivity contribution in [2.45, 2.75) is 38.1 Å². The Morgan fingerprint density at radius 3 is 2.40 bits per heavy atom. The summed E-state index contributed by atoms with van der Waals surface area (Å²) < 4.78 is 0. The molecule has 7 nitrogen and oxygen atoms in total. The lowest BCUT2D eigenvalue weighted by molar-refractivity contribution is -0.385. The van der Waals surface area contributed by atoms with Gasteiger partial charge in [0, 0.05) is 36.5 Å². The van der Waals surface area contributed by atoms with E-state index in [1.54, 1.807) is 42.5 Å². The standard InChI is InChI=1S/C23H25N3O4/c1-25(20-8-3-2-4-9-20)23(28)18-11-14-19(15-12-18)24-22(27)16-13-17-7-5-6-10-21(17)26(29)30/h5-7,10-16,20H,2-4,8-9H2,1H3,(H,24,27). The maximum Gasteiger partial charge on any atom is 0.276 e. The van der Waals surface area contributed by atoms with E-state index in [1.165, 1.54) is 24.6 Å². The van der Waals surface area contributed by atoms with Gasteiger partial charge < -0.3 is 10.2 Å². The molecule has 1 fully saturated rings. The third kappa shape index (κ3) is 5.31. The number of carbonyl (C=O) groups excluding carboxylic acids is 2. The van der Waals surface area contributed by atoms with E-state index in [2.05, 4.69) is 5.32 Å². The first-order valence-corrected chi connectivity index (χ1v) is 10.1. The lowest BCUT2D eigenvalue weighted by Gasteiger charge is -2.31. The Morgan fingerprint density at radius 1 is 1.07 bits per heavy atom. The average Bonchev–Trinajstić information content (AvgIpc) is 2.78. The second-order valence-electron chi connectivity index (χ2n) is 7.42. The van der Waals surface area contributed by atoms with Crippen molar-refractivity contribution in [3.05, 3.63) is 75.8 Å². The fourth-order valence-corrected chi connectivity index (χ4v) is 3.68. The molecule has 0 aliphatic heterocycles. The molecule has 1 N–H and O–H groups in total. The Kier molecular flexibility index (Phi) is 6.95. The molecule has 2 aromatic carbocycles. The number of carbonyl (C=O) groups is 2. The van der Waals surface area contributed by atoms with Crippen LogP contribution in [0.4, 0.5) is 11.4 Å². The fourth-order valence-electron chi connectivity index (χ4n) is 3.68. The number of benzene rings is 2. The molecule has 0 saturated heterocycles. The molecule has 1 saturated carbocycles. The lowest BCUT2D eigenvalue weighted by Crippen LogP contribution is -2.38. The number of rotatable bonds is 6. The van der Waals surface area contributed by atoms with Crippen molar-refractivity contribution < 1.29 is 14.5 Å². The van der Waals surface area contributed by atoms with E-state index in [4.69, 9.17) is 0 Å². The van der Waals surface area contributed by atoms with Gasteiger partial charge >= 0.3 is 0 Å². The van der Waals surface area contributed by atoms with E-state index < -0.39 is 10.8 Å². The smallest absolute Gasteiger partial charge is 0.276 e. The van der Waals surface area contributed by atoms with E-state index >= 15 is 0 Å². The van der Waals surface area contributed by atoms with Crippen molar-refractivity contribution in [2.24, 2.45) is 0 Å². The van der Waals surface area contributed by atoms with Gasteiger partial charge in [0.15, 0.2) is 0 Å². The quantitative estimate of drug-likeness (QED) is 0.428. The van der Waals surface area contributed by atoms with Crippen molar-refractivity contribution in [3.8, 4) is 0 Å². The summed E-state index contributed by atoms with van der Waals surface area (Å²) in [6, 6.07) is 13.2. The second kappa shape index (κ2) is 9.82. The minimum atomic E-state index is -0.488. The molecule has 0 atom stereocenters. The Bertz CT molecular complexity index is 947. The van der Waals surface area contributed by atoms with Gasteiger partial charge in [-0.3, -0.25) is 19.7 Å². The minimum Gasteiger partial charge on any atom is -0.339 e. The molecule has 156 valence electrons. The van der Waals surface area contributed by atoms with Crippen molar-refractivity contribution in [1.29, 1.82) is 0 Å². The Morgan fingerprint density at radius 2 is 1.73 bits per heavy atom. The molecule has 0 bridgehead atoms. The molecule has 30 heavy (non-hydrogen) atoms. The first-order chi connectivity index (χ1) is 14.5. The molecule has 0 spiro atoms. The van der Waals surface area contributed by atoms with Crippen LogP contribution in [0, 0.1) is 10.1 Å². The number of nitro groups is 1. The van der Waals surface area contributed by atoms with Crippen LogP contribution < -0.4 is 5.32 Å². The van der Waals surface area contributed by atoms with Crippen LogP contribution in [0.15, 0.2) is 54.6 Å². The summed E-state index contributed by atoms with van der Waals surface area (Å²) in [6.45, 7) is 0. The Labute approximate surface area is 175 Å². The third-order valence-electron chi connectivity index (χ3n) is 5.39. The molecule has 2 amide bonds. The van der Waals surface area contributed by atoms with E-state index in [1.807, 2.05) is 11.9 Å². The van der Waals surface area contributed by atoms with E-state index in [-0.39, 0.29) is 17.6 Å². The number of hydrogen-bond donors (Lipinski definition) is 1. The molecular weight excluding hydrogens is 382 g/mol. The number of nitro benzene ring substituents is 1. The summed E-state index contributed by atoms with van der Waals surface area (Å²) in [5.41, 5.74) is 1.41. The van der Waals surface area contributed by atoms with Crippen LogP contribution in [-0.4, -0.2) is 34.7 Å². The van der Waals surface area contributed by atoms with Gasteiger partial charge in [-0.05, 0) is 49.2 Å². The number of para-hydroxylation sites is 1. The number of amides is 2. The third-order valence-corrected chi connectivity index (χ3v) is 5.39. The highest BCUT2D eigenvalue weighted by Gasteiger charge is 2.22. The van der Waals surface area contributed by atoms with Gasteiger partial charge in [-0.2, -0.15) is 0 Å². The van der Waals surface area contributed by atoms with Crippen LogP contribution in [0.3, 0.4) is 0 Å². The summed E-state index contributed by atoms with van der Waals surface area (Å²) >= 11 is 0. The van der Waals surface area contributed by atoms with Crippen LogP contribution >= 0.6 is 0 Å². The molecule has 7 heteroatoms. The van der Waals surface area contributed by atoms with Gasteiger partial charge in [-0.15, -0.1) is 0 Å². The van der Waals surface area contributed by atoms with Crippen LogP contribution in [0.1, 0.15) is 48.0 Å². The van der Waals surface area contributed by atoms with Crippen LogP contribution in [0.25, 0.3) is 6.08 Å². The van der Waals surface area contributed by atoms with Crippen LogP contribution in [-0.2, 0) is 4.79 Å². The van der Waals surface area contributed by atoms with E-state index in [0.29, 0.717) is 16.8 Å². The maximum atomic E-state index is 12.7. The van der Waals surface area contributed by atoms with Crippen LogP contribution in [0.5, 0.6) is 0 Å². The second-order valence-corrected chi connectivity index (χ2v) is 7.42. The topological polar surface area (TPSA) is 92.6 Å². The predicted octanol–water partition coefficient (Wildman–Crippen LogP) is 4.65. The minimum absolute atomic E-state index is 0.0175. The van der Waals surface area contributed by atoms with Gasteiger partial charge in [-0.1, -0.05) is 31.4 Å². The molecule has 0 aromatic heterocycles. The van der Waals surface area contributed by atoms with Crippen molar-refractivity contribution in [2.75, 3.05) is 12.4 Å². The Hall–Kier alpha value is -3.48. The number of hydrogen-bond acceptors (Lipinski definition) is 4. The summed E-state index contributed by atoms with van der Waals surface area (Å²) in [4.78, 5) is 37.2. The van der Waals surface area contributed by atoms with Crippen molar-refractivity contribution >= 4 is 29.3 Å². The summed E-state index contributed by atoms with van der Waals surface area (Å²) in [7, 11) is 1.85. The van der Waals surface area contributed by atoms with Gasteiger partial charge in [-0.25, -0.2) is 0 Å². The van der Waals surface area contributed by atoms with Gasteiger partial charge in [0.1, 0.15) is 0 Å². The van der Waals surface area contributed by atoms with E-state index in [0.717, 1.165) is 25.7 Å². The van der Waals surface area contributed by atoms with Crippen LogP contribution in [0.2, 0.25) is 0 Å². The molecule has 0 unspecified atom stereocenters. The number of nitrogens with one attached hydrogen (secondary N) is 1. The fraction of sp³-hybridized carbons (Fsp3) is 0.304. The average molecular weight is 407 g/mol. The number of anilines is 1. The molecule has 0 radical (unpaired) electrons. The molecular formula is C23H25N3O4. The number of nitrogens with zero attached hydrogens (tertiary/aromatic N) is 2. The SMILES string of the molecule is CN(C(=O)c1ccc(NC(=O)C=Cc2ccccc2[N+](=O)[O-])cc1)C1CCCCC1. The molecule has 0 heterocycles. The molecule has 3 rings (SSSR count). The molecule has 1 aliphatic carbocycles. The first-order valence-electron chi connectivity index (χ1n) is 10.1. The lowest BCUT2D eigenvalue weighted by atomic mass is 9.94. The monoisotopic (exact) mass is 407 g/mol. The maximum absolute atomic E-state index is 12.7. The largest absolute Gasteiger partial charge is 0.339 e. The predicted molar refractivity (Wildman–Crippen MR) is 116 cm³/mol. The normalized spacial score (nSPS) is 14.4. The summed E-state index contributed by atoms with van der Waals surface area (Å²) in [5, 5.41) is 13.7. The highest BCUT2D eigenvalue weighted by Crippen LogP contribution is 2.23. The zero-order chi connectivity index (χ0) is 21.5.